The fourth-order valence-electron chi connectivity index (χ4n) is 4.06. The van der Waals surface area contributed by atoms with Gasteiger partial charge in [0.05, 0.1) is 18.8 Å². The van der Waals surface area contributed by atoms with Crippen LogP contribution in [0, 0.1) is 5.92 Å². The molecule has 1 N–H and O–H groups in total. The number of hydrogen-bond donors (Lipinski definition) is 1. The van der Waals surface area contributed by atoms with Crippen molar-refractivity contribution in [1.29, 1.82) is 0 Å². The molecular weight excluding hydrogens is 378 g/mol. The molecule has 1 aromatic carbocycles. The van der Waals surface area contributed by atoms with E-state index in [0.29, 0.717) is 18.1 Å². The molecule has 1 saturated heterocycles. The SMILES string of the molecule is CCCC(OCCO)(c1cccc(Cl)c1)C1CCCN(C(=O)OC(C)(C)C)C1. The molecule has 2 unspecified atom stereocenters. The minimum Gasteiger partial charge on any atom is -0.444 e. The Hall–Kier alpha value is -1.30. The van der Waals surface area contributed by atoms with Crippen LogP contribution in [0.2, 0.25) is 5.02 Å². The molecule has 6 heteroatoms. The van der Waals surface area contributed by atoms with E-state index in [0.717, 1.165) is 31.2 Å². The molecule has 1 fully saturated rings. The second-order valence-electron chi connectivity index (χ2n) is 8.49. The van der Waals surface area contributed by atoms with E-state index in [4.69, 9.17) is 21.1 Å². The molecule has 0 saturated carbocycles. The predicted octanol–water partition coefficient (Wildman–Crippen LogP) is 4.99. The molecule has 28 heavy (non-hydrogen) atoms. The summed E-state index contributed by atoms with van der Waals surface area (Å²) in [5, 5.41) is 10.1. The van der Waals surface area contributed by atoms with Crippen molar-refractivity contribution in [2.45, 2.75) is 64.6 Å². The Bertz CT molecular complexity index is 646. The number of aliphatic hydroxyl groups excluding tert-OH is 1. The van der Waals surface area contributed by atoms with Crippen LogP contribution in [0.3, 0.4) is 0 Å². The summed E-state index contributed by atoms with van der Waals surface area (Å²) < 4.78 is 11.9. The van der Waals surface area contributed by atoms with Gasteiger partial charge in [-0.1, -0.05) is 37.1 Å². The second kappa shape index (κ2) is 9.95. The third kappa shape index (κ3) is 5.85. The highest BCUT2D eigenvalue weighted by Gasteiger charge is 2.44. The molecule has 1 heterocycles. The van der Waals surface area contributed by atoms with E-state index in [9.17, 15) is 9.90 Å². The van der Waals surface area contributed by atoms with Gasteiger partial charge in [0.2, 0.25) is 0 Å². The maximum atomic E-state index is 12.7. The van der Waals surface area contributed by atoms with Gasteiger partial charge in [0.15, 0.2) is 0 Å². The summed E-state index contributed by atoms with van der Waals surface area (Å²) in [5.41, 5.74) is -0.111. The Morgan fingerprint density at radius 1 is 1.36 bits per heavy atom. The summed E-state index contributed by atoms with van der Waals surface area (Å²) >= 11 is 6.29. The van der Waals surface area contributed by atoms with E-state index in [-0.39, 0.29) is 25.2 Å². The molecule has 0 radical (unpaired) electrons. The van der Waals surface area contributed by atoms with Crippen LogP contribution < -0.4 is 0 Å². The number of rotatable bonds is 7. The Morgan fingerprint density at radius 2 is 2.11 bits per heavy atom. The van der Waals surface area contributed by atoms with Gasteiger partial charge in [-0.05, 0) is 57.7 Å². The number of carbonyl (C=O) groups excluding carboxylic acids is 1. The van der Waals surface area contributed by atoms with Crippen LogP contribution in [0.5, 0.6) is 0 Å². The van der Waals surface area contributed by atoms with Gasteiger partial charge in [0.25, 0.3) is 0 Å². The zero-order chi connectivity index (χ0) is 20.8. The summed E-state index contributed by atoms with van der Waals surface area (Å²) in [7, 11) is 0. The zero-order valence-electron chi connectivity index (χ0n) is 17.5. The zero-order valence-corrected chi connectivity index (χ0v) is 18.3. The third-order valence-electron chi connectivity index (χ3n) is 5.12. The molecule has 1 aliphatic rings. The van der Waals surface area contributed by atoms with Crippen molar-refractivity contribution < 1.29 is 19.4 Å². The quantitative estimate of drug-likeness (QED) is 0.686. The highest BCUT2D eigenvalue weighted by Crippen LogP contribution is 2.43. The number of hydrogen-bond acceptors (Lipinski definition) is 4. The average Bonchev–Trinajstić information content (AvgIpc) is 2.64. The second-order valence-corrected chi connectivity index (χ2v) is 8.92. The number of benzene rings is 1. The van der Waals surface area contributed by atoms with E-state index >= 15 is 0 Å². The Morgan fingerprint density at radius 3 is 2.71 bits per heavy atom. The number of halogens is 1. The van der Waals surface area contributed by atoms with E-state index < -0.39 is 11.2 Å². The highest BCUT2D eigenvalue weighted by molar-refractivity contribution is 6.30. The molecule has 2 atom stereocenters. The Labute approximate surface area is 174 Å². The summed E-state index contributed by atoms with van der Waals surface area (Å²) in [6.07, 6.45) is 3.26. The Balaban J connectivity index is 2.34. The lowest BCUT2D eigenvalue weighted by Crippen LogP contribution is -2.50. The van der Waals surface area contributed by atoms with Gasteiger partial charge in [0, 0.05) is 24.0 Å². The number of ether oxygens (including phenoxy) is 2. The lowest BCUT2D eigenvalue weighted by molar-refractivity contribution is -0.123. The molecule has 1 amide bonds. The van der Waals surface area contributed by atoms with Gasteiger partial charge in [0.1, 0.15) is 5.60 Å². The number of amides is 1. The van der Waals surface area contributed by atoms with Crippen molar-refractivity contribution >= 4 is 17.7 Å². The van der Waals surface area contributed by atoms with Crippen LogP contribution >= 0.6 is 11.6 Å². The van der Waals surface area contributed by atoms with Crippen molar-refractivity contribution in [3.8, 4) is 0 Å². The van der Waals surface area contributed by atoms with E-state index in [2.05, 4.69) is 6.92 Å². The molecule has 5 nitrogen and oxygen atoms in total. The number of carbonyl (C=O) groups is 1. The number of aliphatic hydroxyl groups is 1. The topological polar surface area (TPSA) is 59.0 Å². The molecule has 0 aliphatic carbocycles. The first-order valence-corrected chi connectivity index (χ1v) is 10.6. The van der Waals surface area contributed by atoms with Crippen LogP contribution in [-0.2, 0) is 15.1 Å². The molecular formula is C22H34ClNO4. The first-order chi connectivity index (χ1) is 13.2. The maximum Gasteiger partial charge on any atom is 0.410 e. The first kappa shape index (κ1) is 23.0. The van der Waals surface area contributed by atoms with Gasteiger partial charge in [-0.25, -0.2) is 4.79 Å². The monoisotopic (exact) mass is 411 g/mol. The summed E-state index contributed by atoms with van der Waals surface area (Å²) in [6.45, 7) is 9.20. The standard InChI is InChI=1S/C22H34ClNO4/c1-5-11-22(27-14-13-25,17-8-6-10-19(23)15-17)18-9-7-12-24(16-18)20(26)28-21(2,3)4/h6,8,10,15,18,25H,5,7,9,11-14,16H2,1-4H3. The van der Waals surface area contributed by atoms with Crippen molar-refractivity contribution in [1.82, 2.24) is 4.90 Å². The minimum absolute atomic E-state index is 0.0471. The Kier molecular flexibility index (Phi) is 8.17. The number of piperidine rings is 1. The largest absolute Gasteiger partial charge is 0.444 e. The molecule has 158 valence electrons. The van der Waals surface area contributed by atoms with Crippen LogP contribution in [0.4, 0.5) is 4.79 Å². The molecule has 0 bridgehead atoms. The molecule has 0 spiro atoms. The van der Waals surface area contributed by atoms with Gasteiger partial charge >= 0.3 is 6.09 Å². The highest BCUT2D eigenvalue weighted by atomic mass is 35.5. The molecule has 0 aromatic heterocycles. The van der Waals surface area contributed by atoms with Gasteiger partial charge in [-0.3, -0.25) is 0 Å². The van der Waals surface area contributed by atoms with Crippen molar-refractivity contribution in [2.24, 2.45) is 5.92 Å². The molecule has 1 aliphatic heterocycles. The number of likely N-dealkylation sites (tertiary alicyclic amines) is 1. The fraction of sp³-hybridized carbons (Fsp3) is 0.682. The van der Waals surface area contributed by atoms with Crippen molar-refractivity contribution in [3.05, 3.63) is 34.9 Å². The lowest BCUT2D eigenvalue weighted by Gasteiger charge is -2.46. The van der Waals surface area contributed by atoms with E-state index in [1.54, 1.807) is 4.90 Å². The number of nitrogens with zero attached hydrogens (tertiary/aromatic N) is 1. The minimum atomic E-state index is -0.594. The lowest BCUT2D eigenvalue weighted by atomic mass is 9.74. The molecule has 2 rings (SSSR count). The van der Waals surface area contributed by atoms with Crippen molar-refractivity contribution in [2.75, 3.05) is 26.3 Å². The molecule has 1 aromatic rings. The predicted molar refractivity (Wildman–Crippen MR) is 112 cm³/mol. The van der Waals surface area contributed by atoms with Gasteiger partial charge in [-0.15, -0.1) is 0 Å². The summed E-state index contributed by atoms with van der Waals surface area (Å²) in [5.74, 6) is 0.0961. The van der Waals surface area contributed by atoms with Crippen molar-refractivity contribution in [3.63, 3.8) is 0 Å². The first-order valence-electron chi connectivity index (χ1n) is 10.2. The summed E-state index contributed by atoms with van der Waals surface area (Å²) in [6, 6.07) is 7.76. The third-order valence-corrected chi connectivity index (χ3v) is 5.35. The normalized spacial score (nSPS) is 19.9. The van der Waals surface area contributed by atoms with Crippen LogP contribution in [0.25, 0.3) is 0 Å². The van der Waals surface area contributed by atoms with Gasteiger partial charge < -0.3 is 19.5 Å². The summed E-state index contributed by atoms with van der Waals surface area (Å²) in [4.78, 5) is 14.4. The fourth-order valence-corrected chi connectivity index (χ4v) is 4.25. The van der Waals surface area contributed by atoms with Crippen LogP contribution in [-0.4, -0.2) is 48.0 Å². The van der Waals surface area contributed by atoms with Crippen LogP contribution in [0.15, 0.2) is 24.3 Å². The van der Waals surface area contributed by atoms with Gasteiger partial charge in [-0.2, -0.15) is 0 Å². The van der Waals surface area contributed by atoms with Crippen LogP contribution in [0.1, 0.15) is 58.9 Å². The average molecular weight is 412 g/mol. The van der Waals surface area contributed by atoms with E-state index in [1.807, 2.05) is 45.0 Å². The maximum absolute atomic E-state index is 12.7. The van der Waals surface area contributed by atoms with E-state index in [1.165, 1.54) is 0 Å². The smallest absolute Gasteiger partial charge is 0.410 e.